The van der Waals surface area contributed by atoms with Gasteiger partial charge in [0.25, 0.3) is 0 Å². The maximum atomic E-state index is 5.70. The number of hydrogen-bond donors (Lipinski definition) is 0. The van der Waals surface area contributed by atoms with Gasteiger partial charge in [0.15, 0.2) is 0 Å². The Morgan fingerprint density at radius 2 is 2.23 bits per heavy atom. The lowest BCUT2D eigenvalue weighted by Gasteiger charge is -2.33. The minimum Gasteiger partial charge on any atom is -0.316 e. The van der Waals surface area contributed by atoms with Gasteiger partial charge in [-0.25, -0.2) is 0 Å². The Labute approximate surface area is 81.8 Å². The average Bonchev–Trinajstić information content (AvgIpc) is 2.18. The first-order chi connectivity index (χ1) is 6.31. The van der Waals surface area contributed by atoms with Crippen LogP contribution in [0, 0.1) is 5.92 Å². The molecule has 0 bridgehead atoms. The molecule has 1 aliphatic rings. The highest BCUT2D eigenvalue weighted by Gasteiger charge is 2.31. The normalized spacial score (nSPS) is 34.8. The van der Waals surface area contributed by atoms with Crippen molar-refractivity contribution in [1.82, 2.24) is 0 Å². The molecule has 78 valence electrons. The van der Waals surface area contributed by atoms with Gasteiger partial charge >= 0.3 is 8.60 Å². The molecular formula is C9H19O3P. The molecule has 0 radical (unpaired) electrons. The van der Waals surface area contributed by atoms with Crippen LogP contribution in [0.2, 0.25) is 0 Å². The first-order valence-corrected chi connectivity index (χ1v) is 6.05. The molecule has 0 N–H and O–H groups in total. The minimum absolute atomic E-state index is 0.342. The molecule has 1 heterocycles. The van der Waals surface area contributed by atoms with Crippen LogP contribution in [0.25, 0.3) is 0 Å². The van der Waals surface area contributed by atoms with E-state index in [1.54, 1.807) is 7.11 Å². The number of rotatable bonds is 4. The second-order valence-electron chi connectivity index (χ2n) is 3.30. The monoisotopic (exact) mass is 206 g/mol. The summed E-state index contributed by atoms with van der Waals surface area (Å²) in [6, 6.07) is 0. The maximum Gasteiger partial charge on any atom is 0.332 e. The summed E-state index contributed by atoms with van der Waals surface area (Å²) in [5, 5.41) is 0. The molecule has 4 heteroatoms. The zero-order valence-electron chi connectivity index (χ0n) is 8.66. The summed E-state index contributed by atoms with van der Waals surface area (Å²) >= 11 is 0. The molecular weight excluding hydrogens is 187 g/mol. The van der Waals surface area contributed by atoms with E-state index >= 15 is 0 Å². The molecule has 0 amide bonds. The van der Waals surface area contributed by atoms with Crippen LogP contribution in [0.5, 0.6) is 0 Å². The predicted octanol–water partition coefficient (Wildman–Crippen LogP) is 3.10. The van der Waals surface area contributed by atoms with E-state index in [2.05, 4.69) is 13.8 Å². The fraction of sp³-hybridized carbons (Fsp3) is 1.00. The Morgan fingerprint density at radius 3 is 2.77 bits per heavy atom. The SMILES string of the molecule is CCCC1OP(OC)OCC1CC. The molecule has 0 saturated carbocycles. The second kappa shape index (κ2) is 5.92. The third-order valence-electron chi connectivity index (χ3n) is 2.39. The molecule has 13 heavy (non-hydrogen) atoms. The quantitative estimate of drug-likeness (QED) is 0.661. The van der Waals surface area contributed by atoms with Crippen molar-refractivity contribution in [2.24, 2.45) is 5.92 Å². The summed E-state index contributed by atoms with van der Waals surface area (Å²) < 4.78 is 16.2. The smallest absolute Gasteiger partial charge is 0.316 e. The molecule has 1 fully saturated rings. The van der Waals surface area contributed by atoms with Gasteiger partial charge in [0, 0.05) is 13.0 Å². The van der Waals surface area contributed by atoms with Gasteiger partial charge in [-0.05, 0) is 12.8 Å². The highest BCUT2D eigenvalue weighted by molar-refractivity contribution is 7.41. The van der Waals surface area contributed by atoms with Crippen LogP contribution in [0.4, 0.5) is 0 Å². The van der Waals surface area contributed by atoms with E-state index in [4.69, 9.17) is 13.6 Å². The molecule has 0 aliphatic carbocycles. The lowest BCUT2D eigenvalue weighted by Crippen LogP contribution is -2.30. The molecule has 1 saturated heterocycles. The van der Waals surface area contributed by atoms with Crippen molar-refractivity contribution in [1.29, 1.82) is 0 Å². The number of hydrogen-bond acceptors (Lipinski definition) is 3. The fourth-order valence-corrected chi connectivity index (χ4v) is 2.60. The van der Waals surface area contributed by atoms with Crippen molar-refractivity contribution < 1.29 is 13.6 Å². The van der Waals surface area contributed by atoms with E-state index in [1.165, 1.54) is 0 Å². The summed E-state index contributed by atoms with van der Waals surface area (Å²) in [6.45, 7) is 5.15. The Morgan fingerprint density at radius 1 is 1.46 bits per heavy atom. The van der Waals surface area contributed by atoms with Crippen LogP contribution in [0.1, 0.15) is 33.1 Å². The Hall–Kier alpha value is 0.310. The van der Waals surface area contributed by atoms with Crippen LogP contribution in [0.15, 0.2) is 0 Å². The molecule has 3 nitrogen and oxygen atoms in total. The lowest BCUT2D eigenvalue weighted by atomic mass is 9.97. The first kappa shape index (κ1) is 11.4. The lowest BCUT2D eigenvalue weighted by molar-refractivity contribution is 0.0129. The minimum atomic E-state index is -1.05. The summed E-state index contributed by atoms with van der Waals surface area (Å²) in [5.41, 5.74) is 0. The molecule has 3 unspecified atom stereocenters. The van der Waals surface area contributed by atoms with Gasteiger partial charge in [0.05, 0.1) is 12.7 Å². The van der Waals surface area contributed by atoms with Crippen LogP contribution in [-0.4, -0.2) is 19.8 Å². The van der Waals surface area contributed by atoms with Crippen molar-refractivity contribution in [2.75, 3.05) is 13.7 Å². The highest BCUT2D eigenvalue weighted by Crippen LogP contribution is 2.47. The molecule has 0 spiro atoms. The molecule has 3 atom stereocenters. The molecule has 0 aromatic heterocycles. The zero-order valence-corrected chi connectivity index (χ0v) is 9.55. The summed E-state index contributed by atoms with van der Waals surface area (Å²) in [7, 11) is 0.587. The highest BCUT2D eigenvalue weighted by atomic mass is 31.2. The van der Waals surface area contributed by atoms with Gasteiger partial charge in [-0.3, -0.25) is 0 Å². The van der Waals surface area contributed by atoms with Crippen LogP contribution < -0.4 is 0 Å². The topological polar surface area (TPSA) is 27.7 Å². The molecule has 0 aromatic rings. The van der Waals surface area contributed by atoms with Gasteiger partial charge in [0.1, 0.15) is 0 Å². The van der Waals surface area contributed by atoms with Crippen molar-refractivity contribution in [3.05, 3.63) is 0 Å². The van der Waals surface area contributed by atoms with Gasteiger partial charge in [0.2, 0.25) is 0 Å². The third-order valence-corrected chi connectivity index (χ3v) is 3.49. The standard InChI is InChI=1S/C9H19O3P/c1-4-6-9-8(5-2)7-11-13(10-3)12-9/h8-9H,4-7H2,1-3H3. The van der Waals surface area contributed by atoms with E-state index in [-0.39, 0.29) is 0 Å². The Bertz CT molecular complexity index is 143. The Balaban J connectivity index is 2.42. The fourth-order valence-electron chi connectivity index (χ4n) is 1.54. The summed E-state index contributed by atoms with van der Waals surface area (Å²) in [4.78, 5) is 0. The van der Waals surface area contributed by atoms with Gasteiger partial charge in [-0.1, -0.05) is 20.3 Å². The summed E-state index contributed by atoms with van der Waals surface area (Å²) in [5.74, 6) is 0.550. The molecule has 1 aliphatic heterocycles. The van der Waals surface area contributed by atoms with Crippen molar-refractivity contribution >= 4 is 8.60 Å². The largest absolute Gasteiger partial charge is 0.332 e. The van der Waals surface area contributed by atoms with Gasteiger partial charge < -0.3 is 13.6 Å². The maximum absolute atomic E-state index is 5.70. The van der Waals surface area contributed by atoms with Crippen molar-refractivity contribution in [3.63, 3.8) is 0 Å². The third kappa shape index (κ3) is 3.17. The van der Waals surface area contributed by atoms with Crippen LogP contribution in [-0.2, 0) is 13.6 Å². The van der Waals surface area contributed by atoms with E-state index in [0.29, 0.717) is 12.0 Å². The van der Waals surface area contributed by atoms with E-state index < -0.39 is 8.60 Å². The van der Waals surface area contributed by atoms with Crippen LogP contribution in [0.3, 0.4) is 0 Å². The van der Waals surface area contributed by atoms with E-state index in [9.17, 15) is 0 Å². The zero-order chi connectivity index (χ0) is 9.68. The summed E-state index contributed by atoms with van der Waals surface area (Å²) in [6.07, 6.45) is 3.74. The van der Waals surface area contributed by atoms with Crippen molar-refractivity contribution in [2.45, 2.75) is 39.2 Å². The van der Waals surface area contributed by atoms with Crippen LogP contribution >= 0.6 is 8.60 Å². The first-order valence-electron chi connectivity index (χ1n) is 4.95. The van der Waals surface area contributed by atoms with Gasteiger partial charge in [-0.15, -0.1) is 0 Å². The van der Waals surface area contributed by atoms with Crippen molar-refractivity contribution in [3.8, 4) is 0 Å². The molecule has 1 rings (SSSR count). The van der Waals surface area contributed by atoms with E-state index in [1.807, 2.05) is 0 Å². The molecule has 0 aromatic carbocycles. The average molecular weight is 206 g/mol. The predicted molar refractivity (Wildman–Crippen MR) is 53.4 cm³/mol. The van der Waals surface area contributed by atoms with E-state index in [0.717, 1.165) is 25.9 Å². The second-order valence-corrected chi connectivity index (χ2v) is 4.58. The Kier molecular flexibility index (Phi) is 5.18. The van der Waals surface area contributed by atoms with Gasteiger partial charge in [-0.2, -0.15) is 0 Å².